The lowest BCUT2D eigenvalue weighted by Gasteiger charge is -2.35. The average molecular weight is 306 g/mol. The van der Waals surface area contributed by atoms with Gasteiger partial charge in [0.2, 0.25) is 0 Å². The summed E-state index contributed by atoms with van der Waals surface area (Å²) in [6.07, 6.45) is 0.163. The van der Waals surface area contributed by atoms with Crippen molar-refractivity contribution in [3.63, 3.8) is 0 Å². The van der Waals surface area contributed by atoms with E-state index in [9.17, 15) is 14.7 Å². The highest BCUT2D eigenvalue weighted by Crippen LogP contribution is 2.11. The fourth-order valence-corrected chi connectivity index (χ4v) is 2.63. The predicted molar refractivity (Wildman–Crippen MR) is 81.7 cm³/mol. The molecule has 1 aliphatic rings. The van der Waals surface area contributed by atoms with Gasteiger partial charge in [0.1, 0.15) is 6.04 Å². The van der Waals surface area contributed by atoms with Crippen molar-refractivity contribution >= 4 is 12.0 Å². The molecule has 0 bridgehead atoms. The van der Waals surface area contributed by atoms with Gasteiger partial charge < -0.3 is 20.1 Å². The van der Waals surface area contributed by atoms with Crippen molar-refractivity contribution in [3.8, 4) is 0 Å². The lowest BCUT2D eigenvalue weighted by molar-refractivity contribution is -0.139. The number of aliphatic carboxylic acids is 1. The molecular weight excluding hydrogens is 284 g/mol. The quantitative estimate of drug-likeness (QED) is 0.883. The van der Waals surface area contributed by atoms with Gasteiger partial charge in [-0.05, 0) is 19.4 Å². The van der Waals surface area contributed by atoms with Gasteiger partial charge in [-0.25, -0.2) is 9.59 Å². The van der Waals surface area contributed by atoms with Gasteiger partial charge in [-0.15, -0.1) is 0 Å². The highest BCUT2D eigenvalue weighted by molar-refractivity contribution is 5.82. The van der Waals surface area contributed by atoms with Crippen molar-refractivity contribution in [2.45, 2.75) is 38.5 Å². The first-order valence-corrected chi connectivity index (χ1v) is 7.43. The van der Waals surface area contributed by atoms with E-state index in [0.29, 0.717) is 13.1 Å². The third kappa shape index (κ3) is 4.46. The maximum Gasteiger partial charge on any atom is 0.326 e. The zero-order valence-electron chi connectivity index (χ0n) is 12.9. The van der Waals surface area contributed by atoms with E-state index in [1.165, 1.54) is 0 Å². The van der Waals surface area contributed by atoms with Crippen LogP contribution < -0.4 is 5.32 Å². The van der Waals surface area contributed by atoms with E-state index in [1.807, 2.05) is 44.2 Å². The summed E-state index contributed by atoms with van der Waals surface area (Å²) in [4.78, 5) is 25.3. The maximum absolute atomic E-state index is 12.3. The number of morpholine rings is 1. The summed E-state index contributed by atoms with van der Waals surface area (Å²) in [6, 6.07) is 7.97. The van der Waals surface area contributed by atoms with Crippen molar-refractivity contribution in [1.82, 2.24) is 10.2 Å². The summed E-state index contributed by atoms with van der Waals surface area (Å²) in [6.45, 7) is 4.73. The zero-order valence-corrected chi connectivity index (χ0v) is 12.9. The number of amides is 2. The number of benzene rings is 1. The molecule has 0 aliphatic carbocycles. The van der Waals surface area contributed by atoms with Crippen LogP contribution in [-0.2, 0) is 16.0 Å². The van der Waals surface area contributed by atoms with E-state index in [-0.39, 0.29) is 24.7 Å². The number of carboxylic acids is 1. The van der Waals surface area contributed by atoms with E-state index in [2.05, 4.69) is 5.32 Å². The highest BCUT2D eigenvalue weighted by Gasteiger charge is 2.29. The van der Waals surface area contributed by atoms with Gasteiger partial charge in [-0.1, -0.05) is 30.3 Å². The van der Waals surface area contributed by atoms with E-state index < -0.39 is 12.0 Å². The third-order valence-corrected chi connectivity index (χ3v) is 3.59. The molecule has 0 spiro atoms. The molecule has 6 heteroatoms. The van der Waals surface area contributed by atoms with Crippen molar-refractivity contribution in [3.05, 3.63) is 35.9 Å². The summed E-state index contributed by atoms with van der Waals surface area (Å²) in [5.74, 6) is -1.04. The smallest absolute Gasteiger partial charge is 0.326 e. The largest absolute Gasteiger partial charge is 0.480 e. The molecule has 0 unspecified atom stereocenters. The van der Waals surface area contributed by atoms with Crippen LogP contribution >= 0.6 is 0 Å². The molecule has 2 amide bonds. The average Bonchev–Trinajstić information content (AvgIpc) is 2.46. The first-order valence-electron chi connectivity index (χ1n) is 7.43. The van der Waals surface area contributed by atoms with Crippen molar-refractivity contribution < 1.29 is 19.4 Å². The third-order valence-electron chi connectivity index (χ3n) is 3.59. The number of nitrogens with one attached hydrogen (secondary N) is 1. The number of nitrogens with zero attached hydrogens (tertiary/aromatic N) is 1. The molecule has 22 heavy (non-hydrogen) atoms. The molecule has 0 radical (unpaired) electrons. The highest BCUT2D eigenvalue weighted by atomic mass is 16.5. The van der Waals surface area contributed by atoms with E-state index in [0.717, 1.165) is 5.56 Å². The lowest BCUT2D eigenvalue weighted by Crippen LogP contribution is -2.55. The number of urea groups is 1. The first-order chi connectivity index (χ1) is 10.5. The number of hydrogen-bond acceptors (Lipinski definition) is 3. The Labute approximate surface area is 130 Å². The van der Waals surface area contributed by atoms with E-state index >= 15 is 0 Å². The second-order valence-corrected chi connectivity index (χ2v) is 5.69. The SMILES string of the molecule is C[C@H]1CN(C(=O)N[C@@H](Cc2ccccc2)C(=O)O)C[C@H](C)O1. The Hall–Kier alpha value is -2.08. The van der Waals surface area contributed by atoms with Gasteiger partial charge >= 0.3 is 12.0 Å². The number of carboxylic acid groups (broad SMARTS) is 1. The Bertz CT molecular complexity index is 510. The number of ether oxygens (including phenoxy) is 1. The Morgan fingerprint density at radius 2 is 1.86 bits per heavy atom. The van der Waals surface area contributed by atoms with Crippen LogP contribution in [0, 0.1) is 0 Å². The van der Waals surface area contributed by atoms with Gasteiger partial charge in [0.25, 0.3) is 0 Å². The van der Waals surface area contributed by atoms with Crippen LogP contribution in [0.15, 0.2) is 30.3 Å². The van der Waals surface area contributed by atoms with Crippen LogP contribution in [0.4, 0.5) is 4.79 Å². The number of carbonyl (C=O) groups excluding carboxylic acids is 1. The molecular formula is C16H22N2O4. The Morgan fingerprint density at radius 1 is 1.27 bits per heavy atom. The summed E-state index contributed by atoms with van der Waals surface area (Å²) in [5.41, 5.74) is 0.874. The molecule has 2 rings (SSSR count). The van der Waals surface area contributed by atoms with Crippen molar-refractivity contribution in [2.24, 2.45) is 0 Å². The molecule has 1 fully saturated rings. The Balaban J connectivity index is 1.98. The molecule has 3 atom stereocenters. The minimum atomic E-state index is -1.04. The van der Waals surface area contributed by atoms with Gasteiger partial charge in [0.05, 0.1) is 12.2 Å². The minimum absolute atomic E-state index is 0.0492. The molecule has 1 heterocycles. The summed E-state index contributed by atoms with van der Waals surface area (Å²) >= 11 is 0. The molecule has 0 saturated carbocycles. The standard InChI is InChI=1S/C16H22N2O4/c1-11-9-18(10-12(2)22-11)16(21)17-14(15(19)20)8-13-6-4-3-5-7-13/h3-7,11-12,14H,8-10H2,1-2H3,(H,17,21)(H,19,20)/t11-,12-,14-/m0/s1. The molecule has 6 nitrogen and oxygen atoms in total. The summed E-state index contributed by atoms with van der Waals surface area (Å²) in [7, 11) is 0. The van der Waals surface area contributed by atoms with Gasteiger partial charge in [-0.3, -0.25) is 0 Å². The van der Waals surface area contributed by atoms with Gasteiger partial charge in [0.15, 0.2) is 0 Å². The Morgan fingerprint density at radius 3 is 2.41 bits per heavy atom. The van der Waals surface area contributed by atoms with Crippen LogP contribution in [0.3, 0.4) is 0 Å². The molecule has 1 aromatic rings. The normalized spacial score (nSPS) is 22.9. The molecule has 1 saturated heterocycles. The van der Waals surface area contributed by atoms with Crippen LogP contribution in [0.1, 0.15) is 19.4 Å². The fourth-order valence-electron chi connectivity index (χ4n) is 2.63. The van der Waals surface area contributed by atoms with Crippen LogP contribution in [0.5, 0.6) is 0 Å². The summed E-state index contributed by atoms with van der Waals surface area (Å²) < 4.78 is 5.58. The van der Waals surface area contributed by atoms with E-state index in [1.54, 1.807) is 4.90 Å². The van der Waals surface area contributed by atoms with Crippen LogP contribution in [-0.4, -0.2) is 53.3 Å². The van der Waals surface area contributed by atoms with Gasteiger partial charge in [-0.2, -0.15) is 0 Å². The topological polar surface area (TPSA) is 78.9 Å². The van der Waals surface area contributed by atoms with Crippen LogP contribution in [0.25, 0.3) is 0 Å². The zero-order chi connectivity index (χ0) is 16.1. The predicted octanol–water partition coefficient (Wildman–Crippen LogP) is 1.50. The van der Waals surface area contributed by atoms with Crippen LogP contribution in [0.2, 0.25) is 0 Å². The second kappa shape index (κ2) is 7.26. The first kappa shape index (κ1) is 16.3. The maximum atomic E-state index is 12.3. The van der Waals surface area contributed by atoms with Crippen molar-refractivity contribution in [2.75, 3.05) is 13.1 Å². The molecule has 120 valence electrons. The van der Waals surface area contributed by atoms with E-state index in [4.69, 9.17) is 4.74 Å². The second-order valence-electron chi connectivity index (χ2n) is 5.69. The van der Waals surface area contributed by atoms with Gasteiger partial charge in [0, 0.05) is 19.5 Å². The lowest BCUT2D eigenvalue weighted by atomic mass is 10.1. The Kier molecular flexibility index (Phi) is 5.38. The number of carbonyl (C=O) groups is 2. The molecule has 1 aromatic carbocycles. The minimum Gasteiger partial charge on any atom is -0.480 e. The van der Waals surface area contributed by atoms with Crippen molar-refractivity contribution in [1.29, 1.82) is 0 Å². The number of hydrogen-bond donors (Lipinski definition) is 2. The number of rotatable bonds is 4. The molecule has 1 aliphatic heterocycles. The summed E-state index contributed by atoms with van der Waals surface area (Å²) in [5, 5.41) is 11.9. The fraction of sp³-hybridized carbons (Fsp3) is 0.500. The molecule has 2 N–H and O–H groups in total. The molecule has 0 aromatic heterocycles. The monoisotopic (exact) mass is 306 g/mol.